The van der Waals surface area contributed by atoms with Crippen LogP contribution in [0.2, 0.25) is 0 Å². The van der Waals surface area contributed by atoms with Gasteiger partial charge in [0.2, 0.25) is 5.91 Å². The molecule has 0 aliphatic carbocycles. The first-order valence-corrected chi connectivity index (χ1v) is 8.02. The summed E-state index contributed by atoms with van der Waals surface area (Å²) in [7, 11) is 0. The Kier molecular flexibility index (Phi) is 4.53. The molecule has 24 heavy (non-hydrogen) atoms. The van der Waals surface area contributed by atoms with E-state index < -0.39 is 12.1 Å². The van der Waals surface area contributed by atoms with Gasteiger partial charge < -0.3 is 19.6 Å². The molecule has 0 aromatic heterocycles. The van der Waals surface area contributed by atoms with Gasteiger partial charge in [-0.15, -0.1) is 0 Å². The predicted octanol–water partition coefficient (Wildman–Crippen LogP) is 1.05. The van der Waals surface area contributed by atoms with E-state index in [2.05, 4.69) is 0 Å². The van der Waals surface area contributed by atoms with Gasteiger partial charge in [0.25, 0.3) is 5.91 Å². The zero-order valence-electron chi connectivity index (χ0n) is 13.5. The highest BCUT2D eigenvalue weighted by Gasteiger charge is 2.32. The Labute approximate surface area is 139 Å². The van der Waals surface area contributed by atoms with Crippen molar-refractivity contribution in [3.8, 4) is 0 Å². The SMILES string of the molecule is Cc1ccc(N2CCCC2=O)c(C(=O)N2CCO[C@H](C(=O)O)C2)c1. The minimum atomic E-state index is -1.08. The number of carbonyl (C=O) groups excluding carboxylic acids is 2. The Morgan fingerprint density at radius 3 is 2.75 bits per heavy atom. The molecule has 2 saturated heterocycles. The van der Waals surface area contributed by atoms with E-state index in [1.165, 1.54) is 4.90 Å². The van der Waals surface area contributed by atoms with Crippen molar-refractivity contribution < 1.29 is 24.2 Å². The van der Waals surface area contributed by atoms with Crippen LogP contribution in [0.5, 0.6) is 0 Å². The molecule has 1 atom stereocenters. The molecule has 1 N–H and O–H groups in total. The maximum absolute atomic E-state index is 12.9. The summed E-state index contributed by atoms with van der Waals surface area (Å²) >= 11 is 0. The number of anilines is 1. The van der Waals surface area contributed by atoms with Crippen molar-refractivity contribution in [2.75, 3.05) is 31.1 Å². The number of aliphatic carboxylic acids is 1. The summed E-state index contributed by atoms with van der Waals surface area (Å²) in [6, 6.07) is 5.42. The van der Waals surface area contributed by atoms with Gasteiger partial charge >= 0.3 is 5.97 Å². The van der Waals surface area contributed by atoms with Crippen molar-refractivity contribution in [1.29, 1.82) is 0 Å². The molecule has 7 nitrogen and oxygen atoms in total. The van der Waals surface area contributed by atoms with Gasteiger partial charge in [0.1, 0.15) is 0 Å². The third kappa shape index (κ3) is 3.12. The normalized spacial score (nSPS) is 21.2. The number of morpholine rings is 1. The lowest BCUT2D eigenvalue weighted by molar-refractivity contribution is -0.154. The van der Waals surface area contributed by atoms with Crippen LogP contribution in [-0.2, 0) is 14.3 Å². The van der Waals surface area contributed by atoms with Gasteiger partial charge in [-0.25, -0.2) is 4.79 Å². The third-order valence-electron chi connectivity index (χ3n) is 4.38. The maximum atomic E-state index is 12.9. The van der Waals surface area contributed by atoms with E-state index in [0.717, 1.165) is 12.0 Å². The number of hydrogen-bond acceptors (Lipinski definition) is 4. The average Bonchev–Trinajstić information content (AvgIpc) is 3.00. The fraction of sp³-hybridized carbons (Fsp3) is 0.471. The Hall–Kier alpha value is -2.41. The Morgan fingerprint density at radius 2 is 2.08 bits per heavy atom. The summed E-state index contributed by atoms with van der Waals surface area (Å²) in [5, 5.41) is 9.10. The quantitative estimate of drug-likeness (QED) is 0.894. The van der Waals surface area contributed by atoms with Gasteiger partial charge in [-0.1, -0.05) is 11.6 Å². The largest absolute Gasteiger partial charge is 0.479 e. The predicted molar refractivity (Wildman–Crippen MR) is 86.0 cm³/mol. The third-order valence-corrected chi connectivity index (χ3v) is 4.38. The molecule has 0 unspecified atom stereocenters. The number of carbonyl (C=O) groups is 3. The molecule has 0 saturated carbocycles. The van der Waals surface area contributed by atoms with Crippen LogP contribution in [0.3, 0.4) is 0 Å². The lowest BCUT2D eigenvalue weighted by Crippen LogP contribution is -2.48. The minimum absolute atomic E-state index is 0.00942. The van der Waals surface area contributed by atoms with Gasteiger partial charge in [0, 0.05) is 19.5 Å². The summed E-state index contributed by atoms with van der Waals surface area (Å²) in [6.07, 6.45) is 0.253. The molecule has 2 heterocycles. The summed E-state index contributed by atoms with van der Waals surface area (Å²) in [6.45, 7) is 3.01. The molecule has 1 aromatic carbocycles. The first kappa shape index (κ1) is 16.4. The van der Waals surface area contributed by atoms with Gasteiger partial charge in [-0.2, -0.15) is 0 Å². The second-order valence-corrected chi connectivity index (χ2v) is 6.12. The van der Waals surface area contributed by atoms with Crippen molar-refractivity contribution >= 4 is 23.5 Å². The Morgan fingerprint density at radius 1 is 1.29 bits per heavy atom. The highest BCUT2D eigenvalue weighted by molar-refractivity contribution is 6.05. The van der Waals surface area contributed by atoms with Crippen molar-refractivity contribution in [3.05, 3.63) is 29.3 Å². The average molecular weight is 332 g/mol. The van der Waals surface area contributed by atoms with Crippen LogP contribution in [0.15, 0.2) is 18.2 Å². The molecule has 2 fully saturated rings. The van der Waals surface area contributed by atoms with Crippen molar-refractivity contribution in [2.45, 2.75) is 25.9 Å². The molecule has 7 heteroatoms. The highest BCUT2D eigenvalue weighted by Crippen LogP contribution is 2.28. The molecule has 128 valence electrons. The number of hydrogen-bond donors (Lipinski definition) is 1. The summed E-state index contributed by atoms with van der Waals surface area (Å²) in [5.41, 5.74) is 1.96. The zero-order valence-corrected chi connectivity index (χ0v) is 13.5. The summed E-state index contributed by atoms with van der Waals surface area (Å²) < 4.78 is 5.17. The number of ether oxygens (including phenoxy) is 1. The molecular formula is C17H20N2O5. The molecule has 3 rings (SSSR count). The van der Waals surface area contributed by atoms with E-state index in [1.54, 1.807) is 17.0 Å². The second kappa shape index (κ2) is 6.60. The number of amides is 2. The van der Waals surface area contributed by atoms with Crippen LogP contribution in [0.1, 0.15) is 28.8 Å². The molecule has 2 aliphatic heterocycles. The summed E-state index contributed by atoms with van der Waals surface area (Å²) in [5.74, 6) is -1.33. The van der Waals surface area contributed by atoms with Crippen molar-refractivity contribution in [3.63, 3.8) is 0 Å². The van der Waals surface area contributed by atoms with Crippen LogP contribution in [0.25, 0.3) is 0 Å². The van der Waals surface area contributed by atoms with Crippen LogP contribution in [0, 0.1) is 6.92 Å². The fourth-order valence-corrected chi connectivity index (χ4v) is 3.11. The van der Waals surface area contributed by atoms with E-state index in [9.17, 15) is 14.4 Å². The smallest absolute Gasteiger partial charge is 0.334 e. The highest BCUT2D eigenvalue weighted by atomic mass is 16.5. The van der Waals surface area contributed by atoms with E-state index in [0.29, 0.717) is 30.8 Å². The van der Waals surface area contributed by atoms with Crippen molar-refractivity contribution in [2.24, 2.45) is 0 Å². The molecule has 1 aromatic rings. The first-order chi connectivity index (χ1) is 11.5. The summed E-state index contributed by atoms with van der Waals surface area (Å²) in [4.78, 5) is 39.2. The standard InChI is InChI=1S/C17H20N2O5/c1-11-4-5-13(19-6-2-3-15(19)20)12(9-11)16(21)18-7-8-24-14(10-18)17(22)23/h4-5,9,14H,2-3,6-8,10H2,1H3,(H,22,23)/t14-/m0/s1. The number of carboxylic acids is 1. The Bertz CT molecular complexity index is 688. The molecule has 2 amide bonds. The number of aryl methyl sites for hydroxylation is 1. The molecule has 0 radical (unpaired) electrons. The van der Waals surface area contributed by atoms with Gasteiger partial charge in [-0.3, -0.25) is 9.59 Å². The van der Waals surface area contributed by atoms with Gasteiger partial charge in [-0.05, 0) is 25.5 Å². The first-order valence-electron chi connectivity index (χ1n) is 8.02. The lowest BCUT2D eigenvalue weighted by atomic mass is 10.1. The number of rotatable bonds is 3. The van der Waals surface area contributed by atoms with E-state index in [4.69, 9.17) is 9.84 Å². The van der Waals surface area contributed by atoms with E-state index in [-0.39, 0.29) is 25.0 Å². The Balaban J connectivity index is 1.90. The molecular weight excluding hydrogens is 312 g/mol. The number of benzene rings is 1. The van der Waals surface area contributed by atoms with Crippen LogP contribution >= 0.6 is 0 Å². The van der Waals surface area contributed by atoms with E-state index >= 15 is 0 Å². The van der Waals surface area contributed by atoms with Gasteiger partial charge in [0.05, 0.1) is 24.4 Å². The second-order valence-electron chi connectivity index (χ2n) is 6.12. The monoisotopic (exact) mass is 332 g/mol. The maximum Gasteiger partial charge on any atom is 0.334 e. The van der Waals surface area contributed by atoms with Crippen LogP contribution < -0.4 is 4.90 Å². The lowest BCUT2D eigenvalue weighted by Gasteiger charge is -2.32. The minimum Gasteiger partial charge on any atom is -0.479 e. The number of nitrogens with zero attached hydrogens (tertiary/aromatic N) is 2. The van der Waals surface area contributed by atoms with Crippen molar-refractivity contribution in [1.82, 2.24) is 4.90 Å². The fourth-order valence-electron chi connectivity index (χ4n) is 3.11. The molecule has 2 aliphatic rings. The van der Waals surface area contributed by atoms with Crippen LogP contribution in [0.4, 0.5) is 5.69 Å². The van der Waals surface area contributed by atoms with Crippen LogP contribution in [-0.4, -0.2) is 60.1 Å². The van der Waals surface area contributed by atoms with Gasteiger partial charge in [0.15, 0.2) is 6.10 Å². The molecule has 0 spiro atoms. The topological polar surface area (TPSA) is 87.2 Å². The molecule has 0 bridgehead atoms. The van der Waals surface area contributed by atoms with E-state index in [1.807, 2.05) is 13.0 Å². The zero-order chi connectivity index (χ0) is 17.3. The number of carboxylic acid groups (broad SMARTS) is 1.